The van der Waals surface area contributed by atoms with Crippen LogP contribution in [0.1, 0.15) is 30.9 Å². The molecule has 0 amide bonds. The van der Waals surface area contributed by atoms with Gasteiger partial charge in [-0.15, -0.1) is 24.8 Å². The number of piperidine rings is 1. The Morgan fingerprint density at radius 2 is 1.73 bits per heavy atom. The summed E-state index contributed by atoms with van der Waals surface area (Å²) in [6.45, 7) is 11.0. The van der Waals surface area contributed by atoms with Crippen LogP contribution in [0, 0.1) is 0 Å². The van der Waals surface area contributed by atoms with E-state index in [0.29, 0.717) is 19.3 Å². The Labute approximate surface area is 193 Å². The van der Waals surface area contributed by atoms with Crippen molar-refractivity contribution in [3.05, 3.63) is 72.3 Å². The molecule has 0 radical (unpaired) electrons. The Morgan fingerprint density at radius 3 is 2.40 bits per heavy atom. The third-order valence-electron chi connectivity index (χ3n) is 5.10. The molecular formula is C24H34Cl2N2O2. The van der Waals surface area contributed by atoms with Crippen LogP contribution in [0.4, 0.5) is 0 Å². The normalized spacial score (nSPS) is 14.3. The third-order valence-corrected chi connectivity index (χ3v) is 5.10. The first-order valence-electron chi connectivity index (χ1n) is 10.3. The van der Waals surface area contributed by atoms with Gasteiger partial charge >= 0.3 is 0 Å². The number of ether oxygens (including phenoxy) is 2. The van der Waals surface area contributed by atoms with E-state index in [0.717, 1.165) is 37.7 Å². The summed E-state index contributed by atoms with van der Waals surface area (Å²) in [5.41, 5.74) is 2.62. The molecule has 0 spiro atoms. The van der Waals surface area contributed by atoms with Crippen LogP contribution in [0.2, 0.25) is 0 Å². The van der Waals surface area contributed by atoms with Gasteiger partial charge in [-0.25, -0.2) is 0 Å². The molecule has 0 atom stereocenters. The van der Waals surface area contributed by atoms with Gasteiger partial charge in [0.15, 0.2) is 11.5 Å². The predicted molar refractivity (Wildman–Crippen MR) is 129 cm³/mol. The van der Waals surface area contributed by atoms with Crippen molar-refractivity contribution in [2.75, 3.05) is 26.3 Å². The maximum Gasteiger partial charge on any atom is 0.161 e. The minimum atomic E-state index is 0. The molecule has 1 heterocycles. The summed E-state index contributed by atoms with van der Waals surface area (Å²) < 4.78 is 11.4. The van der Waals surface area contributed by atoms with Gasteiger partial charge in [0.05, 0.1) is 6.61 Å². The molecule has 30 heavy (non-hydrogen) atoms. The molecule has 1 aliphatic heterocycles. The Balaban J connectivity index is 0.00000225. The van der Waals surface area contributed by atoms with Crippen LogP contribution in [0.25, 0.3) is 0 Å². The summed E-state index contributed by atoms with van der Waals surface area (Å²) in [4.78, 5) is 2.55. The third kappa shape index (κ3) is 8.19. The largest absolute Gasteiger partial charge is 0.490 e. The van der Waals surface area contributed by atoms with Crippen molar-refractivity contribution in [1.29, 1.82) is 0 Å². The van der Waals surface area contributed by atoms with E-state index >= 15 is 0 Å². The summed E-state index contributed by atoms with van der Waals surface area (Å²) in [7, 11) is 0. The molecule has 0 aromatic heterocycles. The lowest BCUT2D eigenvalue weighted by molar-refractivity contribution is 0.190. The van der Waals surface area contributed by atoms with E-state index in [1.165, 1.54) is 24.0 Å². The van der Waals surface area contributed by atoms with Crippen LogP contribution in [-0.2, 0) is 13.1 Å². The average molecular weight is 453 g/mol. The second-order valence-electron chi connectivity index (χ2n) is 7.23. The number of hydrogen-bond acceptors (Lipinski definition) is 4. The summed E-state index contributed by atoms with van der Waals surface area (Å²) in [6.07, 6.45) is 4.12. The highest BCUT2D eigenvalue weighted by Crippen LogP contribution is 2.28. The van der Waals surface area contributed by atoms with Gasteiger partial charge in [0.2, 0.25) is 0 Å². The summed E-state index contributed by atoms with van der Waals surface area (Å²) >= 11 is 0. The molecule has 0 aliphatic carbocycles. The molecule has 1 aliphatic rings. The molecule has 1 fully saturated rings. The van der Waals surface area contributed by atoms with Gasteiger partial charge in [-0.3, -0.25) is 4.90 Å². The van der Waals surface area contributed by atoms with Crippen LogP contribution in [0.15, 0.2) is 61.2 Å². The SMILES string of the molecule is C=CCOc1ccc(CNC2CCN(Cc3ccccc3)CC2)cc1OCC.Cl.Cl. The van der Waals surface area contributed by atoms with E-state index < -0.39 is 0 Å². The topological polar surface area (TPSA) is 33.7 Å². The fourth-order valence-electron chi connectivity index (χ4n) is 3.60. The lowest BCUT2D eigenvalue weighted by Gasteiger charge is -2.32. The highest BCUT2D eigenvalue weighted by Gasteiger charge is 2.19. The average Bonchev–Trinajstić information content (AvgIpc) is 2.73. The minimum Gasteiger partial charge on any atom is -0.490 e. The maximum absolute atomic E-state index is 5.74. The van der Waals surface area contributed by atoms with Gasteiger partial charge in [-0.1, -0.05) is 49.1 Å². The predicted octanol–water partition coefficient (Wildman–Crippen LogP) is 5.25. The molecule has 0 bridgehead atoms. The van der Waals surface area contributed by atoms with Crippen LogP contribution in [0.5, 0.6) is 11.5 Å². The van der Waals surface area contributed by atoms with Crippen molar-refractivity contribution in [2.45, 2.75) is 38.9 Å². The molecule has 3 rings (SSSR count). The van der Waals surface area contributed by atoms with Gasteiger partial charge in [-0.2, -0.15) is 0 Å². The summed E-state index contributed by atoms with van der Waals surface area (Å²) in [5.74, 6) is 1.58. The number of nitrogens with one attached hydrogen (secondary N) is 1. The number of halogens is 2. The van der Waals surface area contributed by atoms with Crippen LogP contribution < -0.4 is 14.8 Å². The van der Waals surface area contributed by atoms with E-state index in [1.54, 1.807) is 6.08 Å². The molecular weight excluding hydrogens is 419 g/mol. The quantitative estimate of drug-likeness (QED) is 0.499. The van der Waals surface area contributed by atoms with Crippen molar-refractivity contribution in [3.63, 3.8) is 0 Å². The van der Waals surface area contributed by atoms with Crippen molar-refractivity contribution in [3.8, 4) is 11.5 Å². The summed E-state index contributed by atoms with van der Waals surface area (Å²) in [5, 5.41) is 3.72. The summed E-state index contributed by atoms with van der Waals surface area (Å²) in [6, 6.07) is 17.5. The smallest absolute Gasteiger partial charge is 0.161 e. The van der Waals surface area contributed by atoms with Crippen molar-refractivity contribution >= 4 is 24.8 Å². The van der Waals surface area contributed by atoms with Crippen molar-refractivity contribution in [1.82, 2.24) is 10.2 Å². The standard InChI is InChI=1S/C24H32N2O2.2ClH/c1-3-16-28-23-11-10-21(17-24(23)27-4-2)18-25-22-12-14-26(15-13-22)19-20-8-6-5-7-9-20;;/h3,5-11,17,22,25H,1,4,12-16,18-19H2,2H3;2*1H. The fraction of sp³-hybridized carbons (Fsp3) is 0.417. The van der Waals surface area contributed by atoms with Crippen molar-refractivity contribution in [2.24, 2.45) is 0 Å². The zero-order chi connectivity index (χ0) is 19.6. The first-order valence-corrected chi connectivity index (χ1v) is 10.3. The molecule has 0 saturated carbocycles. The second-order valence-corrected chi connectivity index (χ2v) is 7.23. The molecule has 2 aromatic rings. The maximum atomic E-state index is 5.74. The molecule has 0 unspecified atom stereocenters. The Bertz CT molecular complexity index is 735. The Morgan fingerprint density at radius 1 is 1.00 bits per heavy atom. The lowest BCUT2D eigenvalue weighted by Crippen LogP contribution is -2.41. The van der Waals surface area contributed by atoms with Gasteiger partial charge in [0.1, 0.15) is 6.61 Å². The van der Waals surface area contributed by atoms with Crippen LogP contribution >= 0.6 is 24.8 Å². The molecule has 6 heteroatoms. The van der Waals surface area contributed by atoms with Gasteiger partial charge < -0.3 is 14.8 Å². The van der Waals surface area contributed by atoms with Crippen molar-refractivity contribution < 1.29 is 9.47 Å². The molecule has 1 N–H and O–H groups in total. The second kappa shape index (κ2) is 14.3. The molecule has 1 saturated heterocycles. The first-order chi connectivity index (χ1) is 13.8. The lowest BCUT2D eigenvalue weighted by atomic mass is 10.0. The number of likely N-dealkylation sites (tertiary alicyclic amines) is 1. The molecule has 4 nitrogen and oxygen atoms in total. The van der Waals surface area contributed by atoms with Gasteiger partial charge in [-0.05, 0) is 56.1 Å². The van der Waals surface area contributed by atoms with E-state index in [1.807, 2.05) is 13.0 Å². The Hall–Kier alpha value is -1.72. The number of rotatable bonds is 10. The monoisotopic (exact) mass is 452 g/mol. The number of nitrogens with zero attached hydrogens (tertiary/aromatic N) is 1. The highest BCUT2D eigenvalue weighted by atomic mass is 35.5. The highest BCUT2D eigenvalue weighted by molar-refractivity contribution is 5.85. The van der Waals surface area contributed by atoms with Gasteiger partial charge in [0, 0.05) is 19.1 Å². The first kappa shape index (κ1) is 26.3. The number of hydrogen-bond donors (Lipinski definition) is 1. The van der Waals surface area contributed by atoms with E-state index in [-0.39, 0.29) is 24.8 Å². The van der Waals surface area contributed by atoms with E-state index in [4.69, 9.17) is 9.47 Å². The Kier molecular flexibility index (Phi) is 12.6. The van der Waals surface area contributed by atoms with Gasteiger partial charge in [0.25, 0.3) is 0 Å². The van der Waals surface area contributed by atoms with E-state index in [9.17, 15) is 0 Å². The minimum absolute atomic E-state index is 0. The van der Waals surface area contributed by atoms with Crippen LogP contribution in [-0.4, -0.2) is 37.2 Å². The van der Waals surface area contributed by atoms with Crippen LogP contribution in [0.3, 0.4) is 0 Å². The fourth-order valence-corrected chi connectivity index (χ4v) is 3.60. The zero-order valence-electron chi connectivity index (χ0n) is 17.7. The van der Waals surface area contributed by atoms with E-state index in [2.05, 4.69) is 59.3 Å². The number of benzene rings is 2. The molecule has 2 aromatic carbocycles. The molecule has 166 valence electrons. The zero-order valence-corrected chi connectivity index (χ0v) is 19.4.